The highest BCUT2D eigenvalue weighted by atomic mass is 19.4. The van der Waals surface area contributed by atoms with Crippen LogP contribution in [0.4, 0.5) is 18.9 Å². The molecule has 0 N–H and O–H groups in total. The van der Waals surface area contributed by atoms with Crippen molar-refractivity contribution in [2.45, 2.75) is 24.4 Å². The third kappa shape index (κ3) is 4.13. The van der Waals surface area contributed by atoms with Crippen molar-refractivity contribution in [2.75, 3.05) is 57.3 Å². The number of hydrogen-bond acceptors (Lipinski definition) is 3. The fraction of sp³-hybridized carbons (Fsp3) is 0.438. The topological polar surface area (TPSA) is 9.72 Å². The lowest BCUT2D eigenvalue weighted by atomic mass is 9.55. The van der Waals surface area contributed by atoms with Crippen LogP contribution in [0.2, 0.25) is 0 Å². The standard InChI is InChI=1S/C32H34F3N3/c33-32(34,35)22-10-12-23(13-11-22)38-18-16-36(17-19-38)14-5-15-37-20-28-29(21-37)31-25-7-2-1-6-24(25)30(28)26-8-3-4-9-27(26)31/h1-4,6-13,28-31H,5,14-21H2. The Morgan fingerprint density at radius 2 is 1.08 bits per heavy atom. The maximum absolute atomic E-state index is 12.9. The van der Waals surface area contributed by atoms with E-state index in [1.165, 1.54) is 25.2 Å². The SMILES string of the molecule is FC(F)(F)c1ccc(N2CCN(CCCN3CC4C5c6ccccc6C(c6ccccc65)C4C3)CC2)cc1. The molecule has 38 heavy (non-hydrogen) atoms. The van der Waals surface area contributed by atoms with Crippen LogP contribution in [0.25, 0.3) is 0 Å². The molecular weight excluding hydrogens is 483 g/mol. The zero-order valence-corrected chi connectivity index (χ0v) is 21.6. The van der Waals surface area contributed by atoms with E-state index in [2.05, 4.69) is 63.2 Å². The predicted molar refractivity (Wildman–Crippen MR) is 145 cm³/mol. The Kier molecular flexibility index (Phi) is 6.01. The van der Waals surface area contributed by atoms with Crippen LogP contribution in [-0.2, 0) is 6.18 Å². The largest absolute Gasteiger partial charge is 0.416 e. The Labute approximate surface area is 222 Å². The number of anilines is 1. The summed E-state index contributed by atoms with van der Waals surface area (Å²) in [5.74, 6) is 2.47. The molecule has 5 aliphatic rings. The van der Waals surface area contributed by atoms with E-state index in [0.717, 1.165) is 51.4 Å². The van der Waals surface area contributed by atoms with Crippen LogP contribution < -0.4 is 4.90 Å². The minimum absolute atomic E-state index is 0.528. The van der Waals surface area contributed by atoms with Crippen molar-refractivity contribution >= 4 is 5.69 Å². The van der Waals surface area contributed by atoms with Crippen molar-refractivity contribution in [2.24, 2.45) is 11.8 Å². The van der Waals surface area contributed by atoms with Gasteiger partial charge in [0.2, 0.25) is 0 Å². The number of hydrogen-bond donors (Lipinski definition) is 0. The van der Waals surface area contributed by atoms with E-state index >= 15 is 0 Å². The number of piperazine rings is 1. The average Bonchev–Trinajstić information content (AvgIpc) is 3.37. The normalized spacial score (nSPS) is 26.8. The van der Waals surface area contributed by atoms with Gasteiger partial charge in [-0.05, 0) is 77.9 Å². The van der Waals surface area contributed by atoms with Crippen LogP contribution in [-0.4, -0.2) is 62.2 Å². The van der Waals surface area contributed by atoms with Crippen LogP contribution in [0.3, 0.4) is 0 Å². The molecule has 3 aromatic carbocycles. The summed E-state index contributed by atoms with van der Waals surface area (Å²) < 4.78 is 38.6. The van der Waals surface area contributed by atoms with Crippen LogP contribution >= 0.6 is 0 Å². The highest BCUT2D eigenvalue weighted by molar-refractivity contribution is 5.57. The van der Waals surface area contributed by atoms with Gasteiger partial charge in [-0.25, -0.2) is 0 Å². The molecule has 2 heterocycles. The summed E-state index contributed by atoms with van der Waals surface area (Å²) in [5.41, 5.74) is 6.54. The fourth-order valence-corrected chi connectivity index (χ4v) is 7.85. The molecule has 198 valence electrons. The number of nitrogens with zero attached hydrogens (tertiary/aromatic N) is 3. The molecule has 0 radical (unpaired) electrons. The van der Waals surface area contributed by atoms with Crippen molar-refractivity contribution < 1.29 is 13.2 Å². The summed E-state index contributed by atoms with van der Waals surface area (Å²) in [7, 11) is 0. The van der Waals surface area contributed by atoms with Gasteiger partial charge in [0.15, 0.2) is 0 Å². The third-order valence-corrected chi connectivity index (χ3v) is 9.56. The first kappa shape index (κ1) is 24.2. The van der Waals surface area contributed by atoms with Crippen LogP contribution in [0.1, 0.15) is 46.1 Å². The van der Waals surface area contributed by atoms with Crippen molar-refractivity contribution in [3.05, 3.63) is 101 Å². The first-order valence-corrected chi connectivity index (χ1v) is 14.0. The Morgan fingerprint density at radius 1 is 0.605 bits per heavy atom. The van der Waals surface area contributed by atoms with Gasteiger partial charge >= 0.3 is 6.18 Å². The maximum Gasteiger partial charge on any atom is 0.416 e. The van der Waals surface area contributed by atoms with Gasteiger partial charge in [0, 0.05) is 56.8 Å². The molecule has 3 aliphatic carbocycles. The molecule has 0 amide bonds. The highest BCUT2D eigenvalue weighted by Crippen LogP contribution is 2.60. The van der Waals surface area contributed by atoms with Gasteiger partial charge in [-0.1, -0.05) is 48.5 Å². The van der Waals surface area contributed by atoms with Gasteiger partial charge in [0.25, 0.3) is 0 Å². The Bertz CT molecular complexity index is 1190. The first-order valence-electron chi connectivity index (χ1n) is 14.0. The second-order valence-corrected chi connectivity index (χ2v) is 11.5. The summed E-state index contributed by atoms with van der Waals surface area (Å²) in [5, 5.41) is 0. The molecular formula is C32H34F3N3. The summed E-state index contributed by atoms with van der Waals surface area (Å²) in [6.07, 6.45) is -3.12. The lowest BCUT2D eigenvalue weighted by molar-refractivity contribution is -0.137. The smallest absolute Gasteiger partial charge is 0.369 e. The maximum atomic E-state index is 12.9. The van der Waals surface area contributed by atoms with Gasteiger partial charge < -0.3 is 9.80 Å². The molecule has 2 fully saturated rings. The number of likely N-dealkylation sites (tertiary alicyclic amines) is 1. The molecule has 3 nitrogen and oxygen atoms in total. The quantitative estimate of drug-likeness (QED) is 0.408. The van der Waals surface area contributed by atoms with Gasteiger partial charge in [-0.3, -0.25) is 4.90 Å². The molecule has 2 aliphatic heterocycles. The van der Waals surface area contributed by atoms with Gasteiger partial charge in [-0.2, -0.15) is 13.2 Å². The third-order valence-electron chi connectivity index (χ3n) is 9.56. The van der Waals surface area contributed by atoms with Crippen molar-refractivity contribution in [1.82, 2.24) is 9.80 Å². The Morgan fingerprint density at radius 3 is 1.55 bits per heavy atom. The van der Waals surface area contributed by atoms with Crippen LogP contribution in [0.5, 0.6) is 0 Å². The lowest BCUT2D eigenvalue weighted by Crippen LogP contribution is -2.47. The summed E-state index contributed by atoms with van der Waals surface area (Å²) in [4.78, 5) is 7.43. The average molecular weight is 518 g/mol. The zero-order chi connectivity index (χ0) is 25.9. The predicted octanol–water partition coefficient (Wildman–Crippen LogP) is 6.06. The summed E-state index contributed by atoms with van der Waals surface area (Å²) in [6, 6.07) is 23.9. The van der Waals surface area contributed by atoms with E-state index < -0.39 is 11.7 Å². The number of rotatable bonds is 5. The second kappa shape index (κ2) is 9.42. The first-order chi connectivity index (χ1) is 18.5. The summed E-state index contributed by atoms with van der Waals surface area (Å²) >= 11 is 0. The molecule has 0 spiro atoms. The number of halogens is 3. The van der Waals surface area contributed by atoms with Crippen LogP contribution in [0, 0.1) is 11.8 Å². The molecule has 3 aromatic rings. The van der Waals surface area contributed by atoms with E-state index in [1.54, 1.807) is 34.4 Å². The van der Waals surface area contributed by atoms with E-state index in [9.17, 15) is 13.2 Å². The second-order valence-electron chi connectivity index (χ2n) is 11.5. The van der Waals surface area contributed by atoms with Gasteiger partial charge in [-0.15, -0.1) is 0 Å². The lowest BCUT2D eigenvalue weighted by Gasteiger charge is -2.48. The Balaban J connectivity index is 0.937. The number of alkyl halides is 3. The van der Waals surface area contributed by atoms with Crippen molar-refractivity contribution in [3.8, 4) is 0 Å². The summed E-state index contributed by atoms with van der Waals surface area (Å²) in [6.45, 7) is 8.24. The molecule has 2 unspecified atom stereocenters. The Hall–Kier alpha value is -2.83. The van der Waals surface area contributed by atoms with E-state index in [1.807, 2.05) is 0 Å². The minimum Gasteiger partial charge on any atom is -0.369 e. The minimum atomic E-state index is -4.28. The zero-order valence-electron chi connectivity index (χ0n) is 21.6. The molecule has 6 heteroatoms. The van der Waals surface area contributed by atoms with Crippen LogP contribution in [0.15, 0.2) is 72.8 Å². The van der Waals surface area contributed by atoms with E-state index in [0.29, 0.717) is 23.7 Å². The van der Waals surface area contributed by atoms with Gasteiger partial charge in [0.1, 0.15) is 0 Å². The monoisotopic (exact) mass is 517 g/mol. The highest BCUT2D eigenvalue weighted by Gasteiger charge is 2.52. The molecule has 0 aromatic heterocycles. The van der Waals surface area contributed by atoms with Crippen molar-refractivity contribution in [3.63, 3.8) is 0 Å². The van der Waals surface area contributed by atoms with Gasteiger partial charge in [0.05, 0.1) is 5.56 Å². The fourth-order valence-electron chi connectivity index (χ4n) is 7.85. The molecule has 2 saturated heterocycles. The van der Waals surface area contributed by atoms with E-state index in [-0.39, 0.29) is 0 Å². The van der Waals surface area contributed by atoms with E-state index in [4.69, 9.17) is 0 Å². The molecule has 8 rings (SSSR count). The van der Waals surface area contributed by atoms with Crippen molar-refractivity contribution in [1.29, 1.82) is 0 Å². The molecule has 2 bridgehead atoms. The molecule has 2 atom stereocenters. The molecule has 0 saturated carbocycles. The number of benzene rings is 3.